The van der Waals surface area contributed by atoms with Crippen molar-refractivity contribution in [3.63, 3.8) is 0 Å². The standard InChI is InChI=1S/C26H19N3O6/c30-21(35-29-25(33)19-12-6-7-13-20(19)26(29)34)14-27-23(31)22-17-10-4-5-11-18(17)24(32)28(22)15-16-8-2-1-3-9-16/h1-13,22H,14-15H2,(H,27,31). The lowest BCUT2D eigenvalue weighted by molar-refractivity contribution is -0.167. The van der Waals surface area contributed by atoms with E-state index in [0.29, 0.717) is 16.2 Å². The summed E-state index contributed by atoms with van der Waals surface area (Å²) in [5.74, 6) is -3.39. The van der Waals surface area contributed by atoms with Crippen LogP contribution in [0.2, 0.25) is 0 Å². The summed E-state index contributed by atoms with van der Waals surface area (Å²) >= 11 is 0. The molecule has 0 saturated carbocycles. The molecule has 0 aliphatic carbocycles. The summed E-state index contributed by atoms with van der Waals surface area (Å²) in [4.78, 5) is 69.7. The van der Waals surface area contributed by atoms with Gasteiger partial charge in [0.15, 0.2) is 0 Å². The number of hydroxylamine groups is 2. The number of benzene rings is 3. The van der Waals surface area contributed by atoms with Crippen LogP contribution in [0.25, 0.3) is 0 Å². The molecule has 0 fully saturated rings. The summed E-state index contributed by atoms with van der Waals surface area (Å²) in [6.07, 6.45) is 0. The van der Waals surface area contributed by atoms with E-state index < -0.39 is 36.3 Å². The molecule has 0 aromatic heterocycles. The van der Waals surface area contributed by atoms with Crippen molar-refractivity contribution in [3.05, 3.63) is 107 Å². The van der Waals surface area contributed by atoms with Crippen molar-refractivity contribution in [1.29, 1.82) is 0 Å². The molecule has 9 nitrogen and oxygen atoms in total. The third-order valence-corrected chi connectivity index (χ3v) is 5.86. The molecule has 174 valence electrons. The Bertz CT molecular complexity index is 1340. The molecule has 3 aromatic rings. The van der Waals surface area contributed by atoms with Gasteiger partial charge in [-0.2, -0.15) is 0 Å². The molecule has 2 heterocycles. The Kier molecular flexibility index (Phi) is 5.58. The molecule has 2 aliphatic rings. The maximum Gasteiger partial charge on any atom is 0.352 e. The third-order valence-electron chi connectivity index (χ3n) is 5.86. The number of carbonyl (C=O) groups is 5. The molecule has 0 saturated heterocycles. The molecule has 35 heavy (non-hydrogen) atoms. The van der Waals surface area contributed by atoms with E-state index in [-0.39, 0.29) is 23.6 Å². The number of fused-ring (bicyclic) bond motifs is 2. The molecule has 9 heteroatoms. The zero-order valence-electron chi connectivity index (χ0n) is 18.3. The van der Waals surface area contributed by atoms with Crippen LogP contribution in [-0.4, -0.2) is 46.1 Å². The summed E-state index contributed by atoms with van der Waals surface area (Å²) in [5.41, 5.74) is 2.05. The Morgan fingerprint density at radius 1 is 0.743 bits per heavy atom. The number of hydrogen-bond acceptors (Lipinski definition) is 6. The van der Waals surface area contributed by atoms with Gasteiger partial charge in [-0.1, -0.05) is 65.7 Å². The second-order valence-corrected chi connectivity index (χ2v) is 8.04. The number of rotatable bonds is 6. The van der Waals surface area contributed by atoms with Crippen LogP contribution in [0.1, 0.15) is 48.2 Å². The molecule has 5 rings (SSSR count). The molecule has 0 radical (unpaired) electrons. The second-order valence-electron chi connectivity index (χ2n) is 8.04. The average Bonchev–Trinajstić information content (AvgIpc) is 3.29. The van der Waals surface area contributed by atoms with Gasteiger partial charge in [-0.05, 0) is 29.3 Å². The molecule has 1 atom stereocenters. The van der Waals surface area contributed by atoms with Gasteiger partial charge in [0.05, 0.1) is 11.1 Å². The van der Waals surface area contributed by atoms with Crippen LogP contribution in [0, 0.1) is 0 Å². The number of hydrogen-bond donors (Lipinski definition) is 1. The molecule has 2 aliphatic heterocycles. The molecule has 1 unspecified atom stereocenters. The Labute approximate surface area is 199 Å². The number of amides is 4. The van der Waals surface area contributed by atoms with E-state index >= 15 is 0 Å². The SMILES string of the molecule is O=C(CNC(=O)C1c2ccccc2C(=O)N1Cc1ccccc1)ON1C(=O)c2ccccc2C1=O. The number of carbonyl (C=O) groups excluding carboxylic acids is 5. The van der Waals surface area contributed by atoms with E-state index in [1.807, 2.05) is 30.3 Å². The van der Waals surface area contributed by atoms with Crippen LogP contribution in [0.3, 0.4) is 0 Å². The van der Waals surface area contributed by atoms with Crippen molar-refractivity contribution in [2.45, 2.75) is 12.6 Å². The van der Waals surface area contributed by atoms with Crippen LogP contribution in [-0.2, 0) is 21.0 Å². The maximum absolute atomic E-state index is 13.1. The highest BCUT2D eigenvalue weighted by atomic mass is 16.7. The maximum atomic E-state index is 13.1. The molecule has 1 N–H and O–H groups in total. The van der Waals surface area contributed by atoms with E-state index in [1.165, 1.54) is 17.0 Å². The van der Waals surface area contributed by atoms with E-state index in [9.17, 15) is 24.0 Å². The first-order valence-corrected chi connectivity index (χ1v) is 10.9. The lowest BCUT2D eigenvalue weighted by Crippen LogP contribution is -2.42. The number of nitrogens with zero attached hydrogens (tertiary/aromatic N) is 2. The van der Waals surface area contributed by atoms with Gasteiger partial charge in [0.1, 0.15) is 12.6 Å². The number of imide groups is 1. The fraction of sp³-hybridized carbons (Fsp3) is 0.115. The summed E-state index contributed by atoms with van der Waals surface area (Å²) in [6, 6.07) is 21.2. The second kappa shape index (κ2) is 8.86. The van der Waals surface area contributed by atoms with Gasteiger partial charge in [-0.15, -0.1) is 0 Å². The normalized spacial score (nSPS) is 16.2. The Morgan fingerprint density at radius 2 is 1.31 bits per heavy atom. The minimum absolute atomic E-state index is 0.131. The largest absolute Gasteiger partial charge is 0.352 e. The predicted molar refractivity (Wildman–Crippen MR) is 122 cm³/mol. The monoisotopic (exact) mass is 469 g/mol. The molecule has 4 amide bonds. The van der Waals surface area contributed by atoms with E-state index in [1.54, 1.807) is 36.4 Å². The smallest absolute Gasteiger partial charge is 0.343 e. The average molecular weight is 469 g/mol. The highest BCUT2D eigenvalue weighted by molar-refractivity contribution is 6.20. The topological polar surface area (TPSA) is 113 Å². The van der Waals surface area contributed by atoms with Gasteiger partial charge in [0, 0.05) is 12.1 Å². The zero-order chi connectivity index (χ0) is 24.5. The third kappa shape index (κ3) is 3.93. The first-order chi connectivity index (χ1) is 17.0. The van der Waals surface area contributed by atoms with Gasteiger partial charge in [-0.3, -0.25) is 19.2 Å². The van der Waals surface area contributed by atoms with Crippen molar-refractivity contribution < 1.29 is 28.8 Å². The number of nitrogens with one attached hydrogen (secondary N) is 1. The summed E-state index contributed by atoms with van der Waals surface area (Å²) < 4.78 is 0. The van der Waals surface area contributed by atoms with E-state index in [2.05, 4.69) is 5.32 Å². The van der Waals surface area contributed by atoms with Gasteiger partial charge >= 0.3 is 5.97 Å². The Morgan fingerprint density at radius 3 is 1.97 bits per heavy atom. The highest BCUT2D eigenvalue weighted by Crippen LogP contribution is 2.35. The fourth-order valence-electron chi connectivity index (χ4n) is 4.24. The summed E-state index contributed by atoms with van der Waals surface area (Å²) in [5, 5.41) is 2.85. The first-order valence-electron chi connectivity index (χ1n) is 10.9. The molecular formula is C26H19N3O6. The van der Waals surface area contributed by atoms with Crippen molar-refractivity contribution in [1.82, 2.24) is 15.3 Å². The Balaban J connectivity index is 1.28. The zero-order valence-corrected chi connectivity index (χ0v) is 18.3. The quantitative estimate of drug-likeness (QED) is 0.554. The predicted octanol–water partition coefficient (Wildman–Crippen LogP) is 2.25. The van der Waals surface area contributed by atoms with Crippen LogP contribution in [0.5, 0.6) is 0 Å². The van der Waals surface area contributed by atoms with Crippen LogP contribution in [0.4, 0.5) is 0 Å². The van der Waals surface area contributed by atoms with Gasteiger partial charge < -0.3 is 15.1 Å². The van der Waals surface area contributed by atoms with Gasteiger partial charge in [-0.25, -0.2) is 4.79 Å². The van der Waals surface area contributed by atoms with Crippen LogP contribution < -0.4 is 5.32 Å². The fourth-order valence-corrected chi connectivity index (χ4v) is 4.24. The lowest BCUT2D eigenvalue weighted by Gasteiger charge is -2.24. The molecule has 0 spiro atoms. The van der Waals surface area contributed by atoms with Crippen LogP contribution in [0.15, 0.2) is 78.9 Å². The van der Waals surface area contributed by atoms with Gasteiger partial charge in [0.2, 0.25) is 5.91 Å². The minimum atomic E-state index is -1.000. The molecule has 0 bridgehead atoms. The van der Waals surface area contributed by atoms with Crippen molar-refractivity contribution in [2.75, 3.05) is 6.54 Å². The van der Waals surface area contributed by atoms with Crippen LogP contribution >= 0.6 is 0 Å². The lowest BCUT2D eigenvalue weighted by atomic mass is 10.0. The van der Waals surface area contributed by atoms with E-state index in [4.69, 9.17) is 4.84 Å². The van der Waals surface area contributed by atoms with Crippen molar-refractivity contribution in [3.8, 4) is 0 Å². The highest BCUT2D eigenvalue weighted by Gasteiger charge is 2.42. The minimum Gasteiger partial charge on any atom is -0.343 e. The van der Waals surface area contributed by atoms with Crippen molar-refractivity contribution >= 4 is 29.6 Å². The van der Waals surface area contributed by atoms with Gasteiger partial charge in [0.25, 0.3) is 17.7 Å². The Hall–Kier alpha value is -4.79. The van der Waals surface area contributed by atoms with Crippen molar-refractivity contribution in [2.24, 2.45) is 0 Å². The molecular weight excluding hydrogens is 450 g/mol. The first kappa shape index (κ1) is 22.0. The van der Waals surface area contributed by atoms with E-state index in [0.717, 1.165) is 5.56 Å². The summed E-state index contributed by atoms with van der Waals surface area (Å²) in [6.45, 7) is -0.399. The molecule has 3 aromatic carbocycles. The summed E-state index contributed by atoms with van der Waals surface area (Å²) in [7, 11) is 0.